The molecule has 2 aliphatic carbocycles. The van der Waals surface area contributed by atoms with E-state index < -0.39 is 0 Å². The van der Waals surface area contributed by atoms with Gasteiger partial charge in [0.25, 0.3) is 0 Å². The van der Waals surface area contributed by atoms with Crippen molar-refractivity contribution in [2.45, 2.75) is 25.7 Å². The van der Waals surface area contributed by atoms with Crippen molar-refractivity contribution < 1.29 is 14.3 Å². The molecule has 4 unspecified atom stereocenters. The van der Waals surface area contributed by atoms with Gasteiger partial charge in [0.2, 0.25) is 11.8 Å². The molecule has 1 heterocycles. The van der Waals surface area contributed by atoms with Gasteiger partial charge in [0.05, 0.1) is 11.8 Å². The lowest BCUT2D eigenvalue weighted by atomic mass is 9.85. The van der Waals surface area contributed by atoms with Crippen LogP contribution in [-0.4, -0.2) is 63.1 Å². The van der Waals surface area contributed by atoms with E-state index in [2.05, 4.69) is 27.8 Å². The van der Waals surface area contributed by atoms with Gasteiger partial charge in [-0.2, -0.15) is 0 Å². The van der Waals surface area contributed by atoms with Gasteiger partial charge in [0.1, 0.15) is 0 Å². The van der Waals surface area contributed by atoms with Crippen molar-refractivity contribution in [1.82, 2.24) is 15.5 Å². The zero-order valence-corrected chi connectivity index (χ0v) is 18.5. The average Bonchev–Trinajstić information content (AvgIpc) is 3.32. The lowest BCUT2D eigenvalue weighted by Crippen LogP contribution is -2.43. The smallest absolute Gasteiger partial charge is 0.233 e. The topological polar surface area (TPSA) is 83.0 Å². The second-order valence-electron chi connectivity index (χ2n) is 7.31. The molecule has 4 atom stereocenters. The molecule has 3 aliphatic rings. The Hall–Kier alpha value is -1.16. The number of ether oxygens (including phenoxy) is 1. The second-order valence-corrected chi connectivity index (χ2v) is 7.31. The number of nitrogens with zero attached hydrogens (tertiary/aromatic N) is 2. The first-order valence-electron chi connectivity index (χ1n) is 9.64. The van der Waals surface area contributed by atoms with Crippen LogP contribution in [0.3, 0.4) is 0 Å². The lowest BCUT2D eigenvalue weighted by Gasteiger charge is -2.18. The Morgan fingerprint density at radius 1 is 1.11 bits per heavy atom. The third-order valence-electron chi connectivity index (χ3n) is 5.73. The van der Waals surface area contributed by atoms with Gasteiger partial charge in [-0.15, -0.1) is 24.0 Å². The number of hydrogen-bond donors (Lipinski definition) is 2. The molecule has 2 fully saturated rings. The van der Waals surface area contributed by atoms with Gasteiger partial charge in [-0.25, -0.2) is 0 Å². The molecule has 1 saturated carbocycles. The molecule has 7 nitrogen and oxygen atoms in total. The number of carbonyl (C=O) groups excluding carboxylic acids is 2. The van der Waals surface area contributed by atoms with Crippen molar-refractivity contribution in [2.75, 3.05) is 40.4 Å². The molecule has 8 heteroatoms. The summed E-state index contributed by atoms with van der Waals surface area (Å²) in [5, 5.41) is 6.45. The van der Waals surface area contributed by atoms with Crippen LogP contribution in [0.4, 0.5) is 0 Å². The van der Waals surface area contributed by atoms with E-state index in [-0.39, 0.29) is 59.5 Å². The quantitative estimate of drug-likeness (QED) is 0.128. The summed E-state index contributed by atoms with van der Waals surface area (Å²) in [4.78, 5) is 30.9. The zero-order valence-electron chi connectivity index (χ0n) is 16.1. The van der Waals surface area contributed by atoms with Crippen LogP contribution < -0.4 is 10.6 Å². The van der Waals surface area contributed by atoms with Crippen molar-refractivity contribution in [3.63, 3.8) is 0 Å². The first-order chi connectivity index (χ1) is 12.7. The number of methoxy groups -OCH3 is 1. The number of fused-ring (bicyclic) bond motifs is 5. The van der Waals surface area contributed by atoms with Crippen molar-refractivity contribution in [2.24, 2.45) is 28.7 Å². The van der Waals surface area contributed by atoms with E-state index in [4.69, 9.17) is 4.74 Å². The van der Waals surface area contributed by atoms with Crippen LogP contribution in [0, 0.1) is 23.7 Å². The normalized spacial score (nSPS) is 28.5. The highest BCUT2D eigenvalue weighted by atomic mass is 127. The molecule has 3 rings (SSSR count). The molecule has 0 aromatic heterocycles. The summed E-state index contributed by atoms with van der Waals surface area (Å²) in [6, 6.07) is 0. The minimum Gasteiger partial charge on any atom is -0.385 e. The predicted molar refractivity (Wildman–Crippen MR) is 115 cm³/mol. The fourth-order valence-electron chi connectivity index (χ4n) is 4.45. The van der Waals surface area contributed by atoms with Crippen LogP contribution in [-0.2, 0) is 14.3 Å². The summed E-state index contributed by atoms with van der Waals surface area (Å²) in [6.07, 6.45) is 8.43. The molecule has 2 amide bonds. The van der Waals surface area contributed by atoms with E-state index in [9.17, 15) is 9.59 Å². The summed E-state index contributed by atoms with van der Waals surface area (Å²) in [7, 11) is 3.44. The fourth-order valence-corrected chi connectivity index (χ4v) is 4.45. The van der Waals surface area contributed by atoms with Gasteiger partial charge < -0.3 is 15.4 Å². The molecule has 152 valence electrons. The Morgan fingerprint density at radius 2 is 1.74 bits per heavy atom. The molecule has 1 aliphatic heterocycles. The lowest BCUT2D eigenvalue weighted by molar-refractivity contribution is -0.140. The number of guanidine groups is 1. The third kappa shape index (κ3) is 4.82. The van der Waals surface area contributed by atoms with Gasteiger partial charge in [-0.05, 0) is 37.5 Å². The molecule has 2 bridgehead atoms. The van der Waals surface area contributed by atoms with Gasteiger partial charge in [0, 0.05) is 40.4 Å². The number of hydrogen-bond acceptors (Lipinski definition) is 4. The van der Waals surface area contributed by atoms with Crippen LogP contribution in [0.5, 0.6) is 0 Å². The molecule has 0 radical (unpaired) electrons. The van der Waals surface area contributed by atoms with Crippen molar-refractivity contribution in [3.8, 4) is 0 Å². The van der Waals surface area contributed by atoms with E-state index in [1.54, 1.807) is 14.2 Å². The Kier molecular flexibility index (Phi) is 8.53. The predicted octanol–water partition coefficient (Wildman–Crippen LogP) is 1.39. The number of carbonyl (C=O) groups is 2. The summed E-state index contributed by atoms with van der Waals surface area (Å²) in [6.45, 7) is 2.55. The van der Waals surface area contributed by atoms with Gasteiger partial charge in [-0.3, -0.25) is 19.5 Å². The zero-order chi connectivity index (χ0) is 18.5. The summed E-state index contributed by atoms with van der Waals surface area (Å²) in [5.41, 5.74) is 0. The molecular formula is C19H31IN4O3. The summed E-state index contributed by atoms with van der Waals surface area (Å²) < 4.78 is 5.03. The van der Waals surface area contributed by atoms with Crippen LogP contribution in [0.25, 0.3) is 0 Å². The number of nitrogens with one attached hydrogen (secondary N) is 2. The number of likely N-dealkylation sites (tertiary alicyclic amines) is 1. The van der Waals surface area contributed by atoms with Crippen molar-refractivity contribution >= 4 is 41.8 Å². The molecule has 0 aromatic carbocycles. The number of imide groups is 1. The second kappa shape index (κ2) is 10.4. The van der Waals surface area contributed by atoms with E-state index in [1.165, 1.54) is 4.90 Å². The first kappa shape index (κ1) is 22.1. The molecule has 2 N–H and O–H groups in total. The van der Waals surface area contributed by atoms with E-state index >= 15 is 0 Å². The molecular weight excluding hydrogens is 459 g/mol. The number of aliphatic imine (C=N–C) groups is 1. The standard InChI is InChI=1S/C19H30N4O3.HI/c1-20-19(21-8-4-3-5-11-26-2)22-9-10-23-17(24)15-13-6-7-14(12-13)16(15)18(23)25;/h6-7,13-16H,3-5,8-12H2,1-2H3,(H2,20,21,22);1H. The Morgan fingerprint density at radius 3 is 2.33 bits per heavy atom. The fraction of sp³-hybridized carbons (Fsp3) is 0.737. The number of rotatable bonds is 9. The number of halogens is 1. The minimum absolute atomic E-state index is 0. The maximum Gasteiger partial charge on any atom is 0.233 e. The highest BCUT2D eigenvalue weighted by Gasteiger charge is 2.58. The first-order valence-corrected chi connectivity index (χ1v) is 9.64. The van der Waals surface area contributed by atoms with Gasteiger partial charge >= 0.3 is 0 Å². The van der Waals surface area contributed by atoms with Crippen LogP contribution in [0.2, 0.25) is 0 Å². The van der Waals surface area contributed by atoms with Crippen LogP contribution >= 0.6 is 24.0 Å². The highest BCUT2D eigenvalue weighted by Crippen LogP contribution is 2.52. The Labute approximate surface area is 178 Å². The van der Waals surface area contributed by atoms with Crippen molar-refractivity contribution in [1.29, 1.82) is 0 Å². The van der Waals surface area contributed by atoms with E-state index in [1.807, 2.05) is 0 Å². The number of unbranched alkanes of at least 4 members (excludes halogenated alkanes) is 2. The SMILES string of the molecule is CN=C(NCCCCCOC)NCCN1C(=O)C2C3C=CC(C3)C2C1=O.I. The van der Waals surface area contributed by atoms with E-state index in [0.29, 0.717) is 19.0 Å². The summed E-state index contributed by atoms with van der Waals surface area (Å²) in [5.74, 6) is 1.06. The molecule has 1 saturated heterocycles. The third-order valence-corrected chi connectivity index (χ3v) is 5.73. The summed E-state index contributed by atoms with van der Waals surface area (Å²) >= 11 is 0. The molecule has 27 heavy (non-hydrogen) atoms. The van der Waals surface area contributed by atoms with Crippen LogP contribution in [0.1, 0.15) is 25.7 Å². The average molecular weight is 490 g/mol. The number of allylic oxidation sites excluding steroid dienone is 2. The minimum atomic E-state index is -0.109. The maximum absolute atomic E-state index is 12.6. The van der Waals surface area contributed by atoms with Crippen LogP contribution in [0.15, 0.2) is 17.1 Å². The van der Waals surface area contributed by atoms with E-state index in [0.717, 1.165) is 38.8 Å². The molecule has 0 spiro atoms. The van der Waals surface area contributed by atoms with Gasteiger partial charge in [0.15, 0.2) is 5.96 Å². The van der Waals surface area contributed by atoms with Gasteiger partial charge in [-0.1, -0.05) is 12.2 Å². The maximum atomic E-state index is 12.6. The Bertz CT molecular complexity index is 566. The Balaban J connectivity index is 0.00000261. The largest absolute Gasteiger partial charge is 0.385 e. The monoisotopic (exact) mass is 490 g/mol. The highest BCUT2D eigenvalue weighted by molar-refractivity contribution is 14.0. The van der Waals surface area contributed by atoms with Crippen molar-refractivity contribution in [3.05, 3.63) is 12.2 Å². The molecule has 0 aromatic rings. The number of amides is 2.